The number of hydrogen-bond acceptors (Lipinski definition) is 5. The molecule has 0 spiro atoms. The molecule has 0 aliphatic rings. The summed E-state index contributed by atoms with van der Waals surface area (Å²) in [6.07, 6.45) is 2.05. The molecule has 0 aliphatic carbocycles. The van der Waals surface area contributed by atoms with E-state index in [2.05, 4.69) is 16.0 Å². The Kier molecular flexibility index (Phi) is 9.36. The standard InChI is InChI=1S/C28H30N4O4/c1-32(2)24-14-12-20(13-15-24)18-25(31-27(35)21-8-4-3-5-9-21)28(36)30-23-11-6-10-22(19-23)26(34)29-16-7-17-33/h3-6,8-15,18-19,33H,7,16-17H2,1-2H3,(H,29,34)(H,30,36)(H,31,35)/b25-18+. The maximum atomic E-state index is 13.2. The van der Waals surface area contributed by atoms with Crippen molar-refractivity contribution >= 4 is 35.2 Å². The maximum Gasteiger partial charge on any atom is 0.272 e. The predicted octanol–water partition coefficient (Wildman–Crippen LogP) is 3.27. The molecule has 186 valence electrons. The fraction of sp³-hybridized carbons (Fsp3) is 0.179. The van der Waals surface area contributed by atoms with Gasteiger partial charge in [-0.1, -0.05) is 36.4 Å². The summed E-state index contributed by atoms with van der Waals surface area (Å²) >= 11 is 0. The average molecular weight is 487 g/mol. The van der Waals surface area contributed by atoms with Gasteiger partial charge in [0.15, 0.2) is 0 Å². The maximum absolute atomic E-state index is 13.2. The molecule has 3 rings (SSSR count). The van der Waals surface area contributed by atoms with Crippen molar-refractivity contribution in [2.24, 2.45) is 0 Å². The monoisotopic (exact) mass is 486 g/mol. The number of carbonyl (C=O) groups excluding carboxylic acids is 3. The van der Waals surface area contributed by atoms with Gasteiger partial charge in [0, 0.05) is 49.7 Å². The minimum Gasteiger partial charge on any atom is -0.396 e. The van der Waals surface area contributed by atoms with Crippen LogP contribution >= 0.6 is 0 Å². The van der Waals surface area contributed by atoms with Crippen molar-refractivity contribution in [3.63, 3.8) is 0 Å². The van der Waals surface area contributed by atoms with E-state index in [4.69, 9.17) is 5.11 Å². The van der Waals surface area contributed by atoms with E-state index >= 15 is 0 Å². The molecule has 3 amide bonds. The van der Waals surface area contributed by atoms with Crippen LogP contribution in [0, 0.1) is 0 Å². The van der Waals surface area contributed by atoms with Gasteiger partial charge in [0.1, 0.15) is 5.70 Å². The Labute approximate surface area is 210 Å². The molecular formula is C28H30N4O4. The molecule has 36 heavy (non-hydrogen) atoms. The quantitative estimate of drug-likeness (QED) is 0.260. The molecule has 4 N–H and O–H groups in total. The van der Waals surface area contributed by atoms with Gasteiger partial charge in [-0.3, -0.25) is 14.4 Å². The van der Waals surface area contributed by atoms with Gasteiger partial charge < -0.3 is 26.0 Å². The van der Waals surface area contributed by atoms with Crippen molar-refractivity contribution in [3.05, 3.63) is 101 Å². The molecule has 0 saturated carbocycles. The topological polar surface area (TPSA) is 111 Å². The molecule has 0 unspecified atom stereocenters. The lowest BCUT2D eigenvalue weighted by Gasteiger charge is -2.14. The Morgan fingerprint density at radius 1 is 0.861 bits per heavy atom. The van der Waals surface area contributed by atoms with Gasteiger partial charge in [0.25, 0.3) is 17.7 Å². The van der Waals surface area contributed by atoms with Crippen LogP contribution in [0.5, 0.6) is 0 Å². The zero-order chi connectivity index (χ0) is 25.9. The summed E-state index contributed by atoms with van der Waals surface area (Å²) in [5.41, 5.74) is 2.97. The van der Waals surface area contributed by atoms with Crippen LogP contribution in [0.25, 0.3) is 6.08 Å². The number of carbonyl (C=O) groups is 3. The van der Waals surface area contributed by atoms with E-state index in [1.807, 2.05) is 43.3 Å². The Morgan fingerprint density at radius 3 is 2.22 bits per heavy atom. The fourth-order valence-corrected chi connectivity index (χ4v) is 3.30. The van der Waals surface area contributed by atoms with Crippen molar-refractivity contribution in [2.45, 2.75) is 6.42 Å². The molecule has 0 aromatic heterocycles. The number of benzene rings is 3. The van der Waals surface area contributed by atoms with E-state index in [1.165, 1.54) is 0 Å². The van der Waals surface area contributed by atoms with Crippen molar-refractivity contribution in [1.82, 2.24) is 10.6 Å². The number of nitrogens with one attached hydrogen (secondary N) is 3. The first-order valence-electron chi connectivity index (χ1n) is 11.5. The van der Waals surface area contributed by atoms with Crippen molar-refractivity contribution in [3.8, 4) is 0 Å². The summed E-state index contributed by atoms with van der Waals surface area (Å²) in [6.45, 7) is 0.328. The first-order chi connectivity index (χ1) is 17.4. The lowest BCUT2D eigenvalue weighted by atomic mass is 10.1. The Hall–Kier alpha value is -4.43. The van der Waals surface area contributed by atoms with Crippen LogP contribution in [0.4, 0.5) is 11.4 Å². The molecule has 0 aliphatic heterocycles. The fourth-order valence-electron chi connectivity index (χ4n) is 3.30. The van der Waals surface area contributed by atoms with Crippen molar-refractivity contribution in [1.29, 1.82) is 0 Å². The highest BCUT2D eigenvalue weighted by Gasteiger charge is 2.16. The first kappa shape index (κ1) is 26.2. The van der Waals surface area contributed by atoms with Crippen LogP contribution in [0.1, 0.15) is 32.7 Å². The smallest absolute Gasteiger partial charge is 0.272 e. The molecule has 0 fully saturated rings. The summed E-state index contributed by atoms with van der Waals surface area (Å²) in [5, 5.41) is 17.1. The van der Waals surface area contributed by atoms with Gasteiger partial charge in [-0.25, -0.2) is 0 Å². The second-order valence-electron chi connectivity index (χ2n) is 8.23. The minimum absolute atomic E-state index is 0.0158. The number of amides is 3. The summed E-state index contributed by atoms with van der Waals surface area (Å²) in [4.78, 5) is 40.3. The summed E-state index contributed by atoms with van der Waals surface area (Å²) in [6, 6.07) is 22.7. The molecule has 0 heterocycles. The molecular weight excluding hydrogens is 456 g/mol. The van der Waals surface area contributed by atoms with E-state index in [0.717, 1.165) is 11.3 Å². The second kappa shape index (κ2) is 12.9. The average Bonchev–Trinajstić information content (AvgIpc) is 2.89. The number of rotatable bonds is 10. The normalized spacial score (nSPS) is 10.9. The van der Waals surface area contributed by atoms with Crippen molar-refractivity contribution < 1.29 is 19.5 Å². The van der Waals surface area contributed by atoms with E-state index in [1.54, 1.807) is 60.7 Å². The highest BCUT2D eigenvalue weighted by molar-refractivity contribution is 6.11. The lowest BCUT2D eigenvalue weighted by molar-refractivity contribution is -0.113. The minimum atomic E-state index is -0.534. The van der Waals surface area contributed by atoms with Crippen LogP contribution in [0.2, 0.25) is 0 Å². The van der Waals surface area contributed by atoms with Crippen molar-refractivity contribution in [2.75, 3.05) is 37.5 Å². The van der Waals surface area contributed by atoms with E-state index < -0.39 is 11.8 Å². The van der Waals surface area contributed by atoms with Gasteiger partial charge in [0.05, 0.1) is 0 Å². The molecule has 3 aromatic rings. The highest BCUT2D eigenvalue weighted by atomic mass is 16.3. The van der Waals surface area contributed by atoms with Gasteiger partial charge in [-0.2, -0.15) is 0 Å². The highest BCUT2D eigenvalue weighted by Crippen LogP contribution is 2.16. The van der Waals surface area contributed by atoms with Gasteiger partial charge >= 0.3 is 0 Å². The third kappa shape index (κ3) is 7.54. The van der Waals surface area contributed by atoms with Crippen LogP contribution in [-0.4, -0.2) is 50.1 Å². The molecule has 0 atom stereocenters. The summed E-state index contributed by atoms with van der Waals surface area (Å²) in [5.74, 6) is -1.26. The number of aliphatic hydroxyl groups excluding tert-OH is 1. The molecule has 0 bridgehead atoms. The van der Waals surface area contributed by atoms with Crippen LogP contribution in [0.15, 0.2) is 84.6 Å². The number of anilines is 2. The predicted molar refractivity (Wildman–Crippen MR) is 142 cm³/mol. The summed E-state index contributed by atoms with van der Waals surface area (Å²) < 4.78 is 0. The van der Waals surface area contributed by atoms with Crippen LogP contribution in [-0.2, 0) is 4.79 Å². The number of nitrogens with zero attached hydrogens (tertiary/aromatic N) is 1. The Morgan fingerprint density at radius 2 is 1.56 bits per heavy atom. The van der Waals surface area contributed by atoms with Gasteiger partial charge in [-0.15, -0.1) is 0 Å². The zero-order valence-corrected chi connectivity index (χ0v) is 20.3. The van der Waals surface area contributed by atoms with Gasteiger partial charge in [-0.05, 0) is 60.5 Å². The third-order valence-corrected chi connectivity index (χ3v) is 5.25. The lowest BCUT2D eigenvalue weighted by Crippen LogP contribution is -2.31. The zero-order valence-electron chi connectivity index (χ0n) is 20.3. The number of hydrogen-bond donors (Lipinski definition) is 4. The van der Waals surface area contributed by atoms with E-state index in [-0.39, 0.29) is 18.2 Å². The third-order valence-electron chi connectivity index (χ3n) is 5.25. The Balaban J connectivity index is 1.83. The SMILES string of the molecule is CN(C)c1ccc(/C=C(/NC(=O)c2ccccc2)C(=O)Nc2cccc(C(=O)NCCCO)c2)cc1. The van der Waals surface area contributed by atoms with Crippen LogP contribution < -0.4 is 20.9 Å². The van der Waals surface area contributed by atoms with E-state index in [9.17, 15) is 14.4 Å². The van der Waals surface area contributed by atoms with Crippen LogP contribution in [0.3, 0.4) is 0 Å². The first-order valence-corrected chi connectivity index (χ1v) is 11.5. The molecule has 3 aromatic carbocycles. The molecule has 0 saturated heterocycles. The largest absolute Gasteiger partial charge is 0.396 e. The molecule has 8 nitrogen and oxygen atoms in total. The van der Waals surface area contributed by atoms with E-state index in [0.29, 0.717) is 29.8 Å². The molecule has 0 radical (unpaired) electrons. The number of aliphatic hydroxyl groups is 1. The van der Waals surface area contributed by atoms with Gasteiger partial charge in [0.2, 0.25) is 0 Å². The summed E-state index contributed by atoms with van der Waals surface area (Å²) in [7, 11) is 3.87. The second-order valence-corrected chi connectivity index (χ2v) is 8.23. The Bertz CT molecular complexity index is 1220. The molecule has 8 heteroatoms.